The molecule has 2 rings (SSSR count). The van der Waals surface area contributed by atoms with E-state index in [1.165, 1.54) is 0 Å². The fourth-order valence-corrected chi connectivity index (χ4v) is 2.66. The van der Waals surface area contributed by atoms with Gasteiger partial charge in [-0.1, -0.05) is 18.2 Å². The molecule has 0 aliphatic heterocycles. The molecule has 1 saturated carbocycles. The molecule has 4 heteroatoms. The van der Waals surface area contributed by atoms with Crippen LogP contribution < -0.4 is 5.73 Å². The summed E-state index contributed by atoms with van der Waals surface area (Å²) in [5, 5.41) is -0.101. The van der Waals surface area contributed by atoms with Crippen LogP contribution >= 0.6 is 34.8 Å². The summed E-state index contributed by atoms with van der Waals surface area (Å²) < 4.78 is -0.559. The van der Waals surface area contributed by atoms with Gasteiger partial charge in [-0.05, 0) is 30.4 Å². The van der Waals surface area contributed by atoms with Crippen LogP contribution in [0.2, 0.25) is 0 Å². The minimum atomic E-state index is -0.559. The van der Waals surface area contributed by atoms with Gasteiger partial charge in [0.25, 0.3) is 0 Å². The van der Waals surface area contributed by atoms with E-state index in [0.29, 0.717) is 5.92 Å². The fraction of sp³-hybridized carbons (Fsp3) is 0.455. The van der Waals surface area contributed by atoms with Gasteiger partial charge >= 0.3 is 0 Å². The van der Waals surface area contributed by atoms with Crippen molar-refractivity contribution in [2.24, 2.45) is 5.92 Å². The Bertz CT molecular complexity index is 365. The molecule has 0 saturated heterocycles. The summed E-state index contributed by atoms with van der Waals surface area (Å²) in [6.07, 6.45) is 1.61. The van der Waals surface area contributed by atoms with Crippen LogP contribution in [-0.4, -0.2) is 4.33 Å². The first-order valence-corrected chi connectivity index (χ1v) is 6.06. The largest absolute Gasteiger partial charge is 0.398 e. The van der Waals surface area contributed by atoms with Gasteiger partial charge in [0.2, 0.25) is 0 Å². The molecule has 0 bridgehead atoms. The molecule has 82 valence electrons. The smallest absolute Gasteiger partial charge is 0.121 e. The van der Waals surface area contributed by atoms with E-state index < -0.39 is 4.33 Å². The molecule has 2 unspecified atom stereocenters. The Hall–Kier alpha value is -0.110. The Morgan fingerprint density at radius 1 is 1.40 bits per heavy atom. The molecule has 2 atom stereocenters. The Labute approximate surface area is 104 Å². The second-order valence-corrected chi connectivity index (χ2v) is 6.06. The van der Waals surface area contributed by atoms with E-state index in [1.54, 1.807) is 0 Å². The second-order valence-electron chi connectivity index (χ2n) is 3.99. The minimum absolute atomic E-state index is 0.101. The standard InChI is InChI=1S/C11H12Cl3N/c12-9(5-7-6-11(7,13)14)8-3-1-2-4-10(8)15/h1-4,7,9H,5-6,15H2. The third-order valence-corrected chi connectivity index (χ3v) is 4.12. The van der Waals surface area contributed by atoms with Crippen molar-refractivity contribution < 1.29 is 0 Å². The molecule has 1 fully saturated rings. The number of nitrogens with two attached hydrogens (primary N) is 1. The molecule has 0 aromatic heterocycles. The molecular weight excluding hydrogens is 252 g/mol. The number of para-hydroxylation sites is 1. The number of anilines is 1. The minimum Gasteiger partial charge on any atom is -0.398 e. The van der Waals surface area contributed by atoms with Crippen LogP contribution in [0.4, 0.5) is 5.69 Å². The maximum absolute atomic E-state index is 6.28. The first kappa shape index (κ1) is 11.4. The van der Waals surface area contributed by atoms with Crippen molar-refractivity contribution >= 4 is 40.5 Å². The molecule has 0 radical (unpaired) electrons. The number of alkyl halides is 3. The summed E-state index contributed by atoms with van der Waals surface area (Å²) in [6, 6.07) is 7.63. The average molecular weight is 265 g/mol. The van der Waals surface area contributed by atoms with Crippen LogP contribution in [0.15, 0.2) is 24.3 Å². The van der Waals surface area contributed by atoms with Crippen LogP contribution in [0.1, 0.15) is 23.8 Å². The quantitative estimate of drug-likeness (QED) is 0.645. The summed E-state index contributed by atoms with van der Waals surface area (Å²) in [6.45, 7) is 0. The molecule has 0 amide bonds. The molecule has 0 heterocycles. The van der Waals surface area contributed by atoms with Crippen LogP contribution in [0.3, 0.4) is 0 Å². The van der Waals surface area contributed by atoms with Crippen molar-refractivity contribution in [3.8, 4) is 0 Å². The SMILES string of the molecule is Nc1ccccc1C(Cl)CC1CC1(Cl)Cl. The number of halogens is 3. The molecule has 1 nitrogen and oxygen atoms in total. The lowest BCUT2D eigenvalue weighted by molar-refractivity contribution is 0.700. The lowest BCUT2D eigenvalue weighted by Gasteiger charge is -2.12. The summed E-state index contributed by atoms with van der Waals surface area (Å²) in [5.41, 5.74) is 7.53. The zero-order valence-electron chi connectivity index (χ0n) is 8.09. The van der Waals surface area contributed by atoms with Crippen LogP contribution in [0.5, 0.6) is 0 Å². The van der Waals surface area contributed by atoms with Crippen molar-refractivity contribution in [3.05, 3.63) is 29.8 Å². The summed E-state index contributed by atoms with van der Waals surface area (Å²) in [7, 11) is 0. The van der Waals surface area contributed by atoms with Crippen LogP contribution in [-0.2, 0) is 0 Å². The average Bonchev–Trinajstić information content (AvgIpc) is 2.74. The predicted molar refractivity (Wildman–Crippen MR) is 66.6 cm³/mol. The second kappa shape index (κ2) is 4.04. The lowest BCUT2D eigenvalue weighted by atomic mass is 10.1. The number of rotatable bonds is 3. The van der Waals surface area contributed by atoms with E-state index in [9.17, 15) is 0 Å². The van der Waals surface area contributed by atoms with Gasteiger partial charge in [-0.2, -0.15) is 0 Å². The van der Waals surface area contributed by atoms with Gasteiger partial charge in [0.05, 0.1) is 5.38 Å². The number of hydrogen-bond acceptors (Lipinski definition) is 1. The van der Waals surface area contributed by atoms with E-state index >= 15 is 0 Å². The van der Waals surface area contributed by atoms with Crippen molar-refractivity contribution in [2.45, 2.75) is 22.6 Å². The van der Waals surface area contributed by atoms with Crippen LogP contribution in [0, 0.1) is 5.92 Å². The molecule has 1 aliphatic rings. The van der Waals surface area contributed by atoms with Crippen molar-refractivity contribution in [3.63, 3.8) is 0 Å². The van der Waals surface area contributed by atoms with Gasteiger partial charge in [0.15, 0.2) is 0 Å². The highest BCUT2D eigenvalue weighted by Crippen LogP contribution is 2.57. The van der Waals surface area contributed by atoms with E-state index in [2.05, 4.69) is 0 Å². The highest BCUT2D eigenvalue weighted by molar-refractivity contribution is 6.50. The fourth-order valence-electron chi connectivity index (χ4n) is 1.70. The molecular formula is C11H12Cl3N. The maximum atomic E-state index is 6.28. The summed E-state index contributed by atoms with van der Waals surface area (Å²) in [5.74, 6) is 0.294. The molecule has 15 heavy (non-hydrogen) atoms. The lowest BCUT2D eigenvalue weighted by Crippen LogP contribution is -2.00. The maximum Gasteiger partial charge on any atom is 0.121 e. The van der Waals surface area contributed by atoms with Gasteiger partial charge < -0.3 is 5.73 Å². The molecule has 0 spiro atoms. The Kier molecular flexibility index (Phi) is 3.07. The van der Waals surface area contributed by atoms with Crippen molar-refractivity contribution in [1.29, 1.82) is 0 Å². The van der Waals surface area contributed by atoms with E-state index in [4.69, 9.17) is 40.5 Å². The van der Waals surface area contributed by atoms with Crippen LogP contribution in [0.25, 0.3) is 0 Å². The van der Waals surface area contributed by atoms with E-state index in [-0.39, 0.29) is 5.38 Å². The zero-order valence-corrected chi connectivity index (χ0v) is 10.4. The zero-order chi connectivity index (χ0) is 11.1. The first-order valence-electron chi connectivity index (χ1n) is 4.87. The highest BCUT2D eigenvalue weighted by Gasteiger charge is 2.51. The third-order valence-electron chi connectivity index (χ3n) is 2.78. The monoisotopic (exact) mass is 263 g/mol. The van der Waals surface area contributed by atoms with Crippen molar-refractivity contribution in [2.75, 3.05) is 5.73 Å². The number of nitrogen functional groups attached to an aromatic ring is 1. The normalized spacial score (nSPS) is 24.9. The Morgan fingerprint density at radius 3 is 2.53 bits per heavy atom. The van der Waals surface area contributed by atoms with Crippen molar-refractivity contribution in [1.82, 2.24) is 0 Å². The van der Waals surface area contributed by atoms with E-state index in [1.807, 2.05) is 24.3 Å². The van der Waals surface area contributed by atoms with Gasteiger partial charge in [0, 0.05) is 5.69 Å². The first-order chi connectivity index (χ1) is 7.00. The van der Waals surface area contributed by atoms with E-state index in [0.717, 1.165) is 24.1 Å². The van der Waals surface area contributed by atoms with Gasteiger partial charge in [-0.25, -0.2) is 0 Å². The predicted octanol–water partition coefficient (Wildman–Crippen LogP) is 4.13. The Balaban J connectivity index is 2.03. The number of benzene rings is 1. The third kappa shape index (κ3) is 2.52. The Morgan fingerprint density at radius 2 is 2.00 bits per heavy atom. The van der Waals surface area contributed by atoms with Gasteiger partial charge in [-0.15, -0.1) is 34.8 Å². The van der Waals surface area contributed by atoms with Gasteiger partial charge in [-0.3, -0.25) is 0 Å². The topological polar surface area (TPSA) is 26.0 Å². The number of hydrogen-bond donors (Lipinski definition) is 1. The highest BCUT2D eigenvalue weighted by atomic mass is 35.5. The molecule has 2 N–H and O–H groups in total. The molecule has 1 aromatic carbocycles. The molecule has 1 aliphatic carbocycles. The summed E-state index contributed by atoms with van der Waals surface area (Å²) in [4.78, 5) is 0. The van der Waals surface area contributed by atoms with Gasteiger partial charge in [0.1, 0.15) is 4.33 Å². The molecule has 1 aromatic rings. The summed E-state index contributed by atoms with van der Waals surface area (Å²) >= 11 is 18.2.